The van der Waals surface area contributed by atoms with Crippen LogP contribution in [-0.4, -0.2) is 36.0 Å². The molecule has 2 aromatic carbocycles. The minimum absolute atomic E-state index is 0.0182. The van der Waals surface area contributed by atoms with Gasteiger partial charge in [-0.3, -0.25) is 4.79 Å². The lowest BCUT2D eigenvalue weighted by molar-refractivity contribution is -0.112. The number of rotatable bonds is 6. The summed E-state index contributed by atoms with van der Waals surface area (Å²) in [5.41, 5.74) is 1.13. The van der Waals surface area contributed by atoms with E-state index in [0.29, 0.717) is 22.9 Å². The number of likely N-dealkylation sites (tertiary alicyclic amines) is 1. The van der Waals surface area contributed by atoms with Crippen LogP contribution in [0, 0.1) is 5.82 Å². The van der Waals surface area contributed by atoms with Crippen LogP contribution in [0.15, 0.2) is 54.9 Å². The zero-order valence-electron chi connectivity index (χ0n) is 17.0. The van der Waals surface area contributed by atoms with E-state index >= 15 is 0 Å². The molecule has 1 aliphatic heterocycles. The standard InChI is InChI=1S/C23H22ClFN4O2/c1-31-21-12-15-6-8-26-23(27-16-4-5-19(25)18(24)13-16)17(15)14-20(21)28-22(30)7-11-29-9-2-3-10-29/h4-8,11-14H,2-3,9-10H2,1H3,(H,26,27)(H,28,30). The molecule has 1 saturated heterocycles. The maximum atomic E-state index is 13.5. The number of carbonyl (C=O) groups excluding carboxylic acids is 1. The Morgan fingerprint density at radius 3 is 2.77 bits per heavy atom. The summed E-state index contributed by atoms with van der Waals surface area (Å²) in [5.74, 6) is 0.353. The molecule has 2 N–H and O–H groups in total. The Morgan fingerprint density at radius 1 is 1.23 bits per heavy atom. The summed E-state index contributed by atoms with van der Waals surface area (Å²) >= 11 is 5.89. The Morgan fingerprint density at radius 2 is 2.03 bits per heavy atom. The minimum atomic E-state index is -0.491. The molecule has 1 amide bonds. The fourth-order valence-corrected chi connectivity index (χ4v) is 3.70. The van der Waals surface area contributed by atoms with Gasteiger partial charge in [0, 0.05) is 42.6 Å². The normalized spacial score (nSPS) is 13.7. The third kappa shape index (κ3) is 4.88. The lowest BCUT2D eigenvalue weighted by Gasteiger charge is -2.14. The van der Waals surface area contributed by atoms with Gasteiger partial charge in [0.1, 0.15) is 17.4 Å². The lowest BCUT2D eigenvalue weighted by Crippen LogP contribution is -2.14. The molecule has 1 fully saturated rings. The molecular weight excluding hydrogens is 419 g/mol. The highest BCUT2D eigenvalue weighted by Gasteiger charge is 2.13. The number of methoxy groups -OCH3 is 1. The smallest absolute Gasteiger partial charge is 0.249 e. The maximum absolute atomic E-state index is 13.5. The summed E-state index contributed by atoms with van der Waals surface area (Å²) in [4.78, 5) is 19.0. The maximum Gasteiger partial charge on any atom is 0.249 e. The van der Waals surface area contributed by atoms with E-state index in [-0.39, 0.29) is 10.9 Å². The van der Waals surface area contributed by atoms with Crippen molar-refractivity contribution in [2.45, 2.75) is 12.8 Å². The second-order valence-electron chi connectivity index (χ2n) is 7.24. The zero-order valence-corrected chi connectivity index (χ0v) is 17.7. The Balaban J connectivity index is 1.63. The van der Waals surface area contributed by atoms with Crippen molar-refractivity contribution in [2.75, 3.05) is 30.8 Å². The third-order valence-electron chi connectivity index (χ3n) is 5.10. The van der Waals surface area contributed by atoms with Gasteiger partial charge < -0.3 is 20.3 Å². The van der Waals surface area contributed by atoms with Crippen molar-refractivity contribution in [3.8, 4) is 5.75 Å². The quantitative estimate of drug-likeness (QED) is 0.507. The predicted octanol–water partition coefficient (Wildman–Crippen LogP) is 5.33. The lowest BCUT2D eigenvalue weighted by atomic mass is 10.1. The van der Waals surface area contributed by atoms with E-state index in [9.17, 15) is 9.18 Å². The highest BCUT2D eigenvalue weighted by molar-refractivity contribution is 6.31. The molecule has 4 rings (SSSR count). The summed E-state index contributed by atoms with van der Waals surface area (Å²) in [5, 5.41) is 7.69. The molecule has 6 nitrogen and oxygen atoms in total. The second kappa shape index (κ2) is 9.22. The van der Waals surface area contributed by atoms with Crippen LogP contribution in [-0.2, 0) is 4.79 Å². The van der Waals surface area contributed by atoms with Crippen LogP contribution < -0.4 is 15.4 Å². The molecular formula is C23H22ClFN4O2. The first kappa shape index (κ1) is 20.9. The van der Waals surface area contributed by atoms with Gasteiger partial charge in [0.05, 0.1) is 17.8 Å². The molecule has 0 spiro atoms. The number of halogens is 2. The van der Waals surface area contributed by atoms with E-state index in [4.69, 9.17) is 16.3 Å². The Kier molecular flexibility index (Phi) is 6.23. The highest BCUT2D eigenvalue weighted by atomic mass is 35.5. The van der Waals surface area contributed by atoms with Crippen molar-refractivity contribution in [3.05, 3.63) is 65.7 Å². The van der Waals surface area contributed by atoms with Crippen LogP contribution in [0.3, 0.4) is 0 Å². The molecule has 160 valence electrons. The molecule has 8 heteroatoms. The molecule has 0 atom stereocenters. The molecule has 1 aromatic heterocycles. The number of hydrogen-bond acceptors (Lipinski definition) is 5. The number of nitrogens with zero attached hydrogens (tertiary/aromatic N) is 2. The van der Waals surface area contributed by atoms with Crippen LogP contribution in [0.1, 0.15) is 12.8 Å². The third-order valence-corrected chi connectivity index (χ3v) is 5.39. The fourth-order valence-electron chi connectivity index (χ4n) is 3.52. The topological polar surface area (TPSA) is 66.5 Å². The van der Waals surface area contributed by atoms with E-state index in [1.165, 1.54) is 18.2 Å². The number of fused-ring (bicyclic) bond motifs is 1. The number of ether oxygens (including phenoxy) is 1. The number of amides is 1. The fraction of sp³-hybridized carbons (Fsp3) is 0.217. The second-order valence-corrected chi connectivity index (χ2v) is 7.64. The van der Waals surface area contributed by atoms with Crippen LogP contribution in [0.4, 0.5) is 21.6 Å². The average Bonchev–Trinajstić information content (AvgIpc) is 3.28. The molecule has 0 unspecified atom stereocenters. The van der Waals surface area contributed by atoms with E-state index in [0.717, 1.165) is 36.7 Å². The number of benzene rings is 2. The first-order valence-electron chi connectivity index (χ1n) is 9.95. The van der Waals surface area contributed by atoms with E-state index in [2.05, 4.69) is 20.5 Å². The molecule has 3 aromatic rings. The largest absolute Gasteiger partial charge is 0.495 e. The van der Waals surface area contributed by atoms with Gasteiger partial charge in [-0.05, 0) is 54.6 Å². The average molecular weight is 441 g/mol. The molecule has 0 saturated carbocycles. The number of pyridine rings is 1. The zero-order chi connectivity index (χ0) is 21.8. The number of hydrogen-bond donors (Lipinski definition) is 2. The van der Waals surface area contributed by atoms with Gasteiger partial charge in [-0.25, -0.2) is 9.37 Å². The molecule has 0 bridgehead atoms. The highest BCUT2D eigenvalue weighted by Crippen LogP contribution is 2.34. The minimum Gasteiger partial charge on any atom is -0.495 e. The monoisotopic (exact) mass is 440 g/mol. The number of anilines is 3. The predicted molar refractivity (Wildman–Crippen MR) is 122 cm³/mol. The molecule has 0 aliphatic carbocycles. The van der Waals surface area contributed by atoms with Crippen molar-refractivity contribution >= 4 is 45.5 Å². The Bertz CT molecular complexity index is 1150. The molecule has 2 heterocycles. The Labute approximate surface area is 184 Å². The van der Waals surface area contributed by atoms with Crippen LogP contribution >= 0.6 is 11.6 Å². The van der Waals surface area contributed by atoms with Gasteiger partial charge in [0.2, 0.25) is 5.91 Å². The number of carbonyl (C=O) groups is 1. The first-order chi connectivity index (χ1) is 15.0. The van der Waals surface area contributed by atoms with Crippen molar-refractivity contribution in [1.29, 1.82) is 0 Å². The number of aromatic nitrogens is 1. The molecule has 0 radical (unpaired) electrons. The van der Waals surface area contributed by atoms with Gasteiger partial charge in [-0.15, -0.1) is 0 Å². The van der Waals surface area contributed by atoms with Gasteiger partial charge in [0.25, 0.3) is 0 Å². The van der Waals surface area contributed by atoms with E-state index < -0.39 is 5.82 Å². The van der Waals surface area contributed by atoms with Gasteiger partial charge in [-0.2, -0.15) is 0 Å². The van der Waals surface area contributed by atoms with Crippen molar-refractivity contribution in [2.24, 2.45) is 0 Å². The summed E-state index contributed by atoms with van der Waals surface area (Å²) in [6.45, 7) is 1.94. The summed E-state index contributed by atoms with van der Waals surface area (Å²) < 4.78 is 18.9. The molecule has 31 heavy (non-hydrogen) atoms. The SMILES string of the molecule is COc1cc2ccnc(Nc3ccc(F)c(Cl)c3)c2cc1NC(=O)C=CN1CCCC1. The summed E-state index contributed by atoms with van der Waals surface area (Å²) in [7, 11) is 1.55. The van der Waals surface area contributed by atoms with Crippen molar-refractivity contribution < 1.29 is 13.9 Å². The van der Waals surface area contributed by atoms with Crippen LogP contribution in [0.5, 0.6) is 5.75 Å². The summed E-state index contributed by atoms with van der Waals surface area (Å²) in [6.07, 6.45) is 7.30. The first-order valence-corrected chi connectivity index (χ1v) is 10.3. The van der Waals surface area contributed by atoms with Crippen LogP contribution in [0.2, 0.25) is 5.02 Å². The van der Waals surface area contributed by atoms with Crippen LogP contribution in [0.25, 0.3) is 10.8 Å². The van der Waals surface area contributed by atoms with Crippen molar-refractivity contribution in [3.63, 3.8) is 0 Å². The van der Waals surface area contributed by atoms with Crippen molar-refractivity contribution in [1.82, 2.24) is 9.88 Å². The summed E-state index contributed by atoms with van der Waals surface area (Å²) in [6, 6.07) is 9.84. The van der Waals surface area contributed by atoms with Gasteiger partial charge in [0.15, 0.2) is 0 Å². The van der Waals surface area contributed by atoms with E-state index in [1.807, 2.05) is 18.3 Å². The molecule has 1 aliphatic rings. The number of nitrogens with one attached hydrogen (secondary N) is 2. The van der Waals surface area contributed by atoms with Gasteiger partial charge in [-0.1, -0.05) is 11.6 Å². The Hall–Kier alpha value is -3.32. The van der Waals surface area contributed by atoms with E-state index in [1.54, 1.807) is 25.4 Å². The van der Waals surface area contributed by atoms with Gasteiger partial charge >= 0.3 is 0 Å².